The molecule has 0 aliphatic carbocycles. The third-order valence-corrected chi connectivity index (χ3v) is 1.87. The minimum atomic E-state index is -0.641. The SMILES string of the molecule is COC(=O)OCC1CCC(C)O1. The van der Waals surface area contributed by atoms with Gasteiger partial charge in [0.1, 0.15) is 6.61 Å². The summed E-state index contributed by atoms with van der Waals surface area (Å²) in [7, 11) is 1.29. The van der Waals surface area contributed by atoms with E-state index in [0.29, 0.717) is 6.61 Å². The molecule has 0 aromatic rings. The zero-order valence-electron chi connectivity index (χ0n) is 7.41. The van der Waals surface area contributed by atoms with Crippen molar-refractivity contribution >= 4 is 6.16 Å². The molecule has 1 aliphatic heterocycles. The van der Waals surface area contributed by atoms with E-state index in [1.807, 2.05) is 6.92 Å². The van der Waals surface area contributed by atoms with Gasteiger partial charge in [0.05, 0.1) is 19.3 Å². The molecule has 4 heteroatoms. The fourth-order valence-electron chi connectivity index (χ4n) is 1.23. The minimum absolute atomic E-state index is 0.0547. The Kier molecular flexibility index (Phi) is 3.34. The zero-order chi connectivity index (χ0) is 8.97. The van der Waals surface area contributed by atoms with E-state index < -0.39 is 6.16 Å². The first-order valence-corrected chi connectivity index (χ1v) is 4.08. The standard InChI is InChI=1S/C8H14O4/c1-6-3-4-7(12-6)5-11-8(9)10-2/h6-7H,3-5H2,1-2H3. The molecule has 2 atom stereocenters. The van der Waals surface area contributed by atoms with Gasteiger partial charge in [-0.3, -0.25) is 0 Å². The van der Waals surface area contributed by atoms with Gasteiger partial charge in [-0.05, 0) is 19.8 Å². The number of carbonyl (C=O) groups is 1. The van der Waals surface area contributed by atoms with Gasteiger partial charge in [-0.1, -0.05) is 0 Å². The molecule has 0 aromatic carbocycles. The van der Waals surface area contributed by atoms with E-state index in [1.165, 1.54) is 7.11 Å². The average Bonchev–Trinajstić information content (AvgIpc) is 2.47. The van der Waals surface area contributed by atoms with Crippen LogP contribution in [0.3, 0.4) is 0 Å². The fraction of sp³-hybridized carbons (Fsp3) is 0.875. The van der Waals surface area contributed by atoms with Crippen LogP contribution in [-0.2, 0) is 14.2 Å². The predicted octanol–water partition coefficient (Wildman–Crippen LogP) is 1.34. The molecular formula is C8H14O4. The van der Waals surface area contributed by atoms with Gasteiger partial charge >= 0.3 is 6.16 Å². The van der Waals surface area contributed by atoms with Crippen molar-refractivity contribution in [3.63, 3.8) is 0 Å². The molecule has 1 fully saturated rings. The van der Waals surface area contributed by atoms with Crippen molar-refractivity contribution in [2.24, 2.45) is 0 Å². The normalized spacial score (nSPS) is 28.5. The van der Waals surface area contributed by atoms with Crippen LogP contribution in [0.15, 0.2) is 0 Å². The number of methoxy groups -OCH3 is 1. The lowest BCUT2D eigenvalue weighted by molar-refractivity contribution is -0.00551. The molecule has 0 spiro atoms. The Bertz CT molecular complexity index is 157. The molecule has 1 aliphatic rings. The van der Waals surface area contributed by atoms with Gasteiger partial charge in [0.25, 0.3) is 0 Å². The van der Waals surface area contributed by atoms with E-state index in [9.17, 15) is 4.79 Å². The van der Waals surface area contributed by atoms with Gasteiger partial charge in [-0.2, -0.15) is 0 Å². The van der Waals surface area contributed by atoms with Crippen molar-refractivity contribution in [1.29, 1.82) is 0 Å². The molecule has 12 heavy (non-hydrogen) atoms. The van der Waals surface area contributed by atoms with Crippen LogP contribution in [0.25, 0.3) is 0 Å². The number of ether oxygens (including phenoxy) is 3. The van der Waals surface area contributed by atoms with E-state index in [1.54, 1.807) is 0 Å². The van der Waals surface area contributed by atoms with Crippen molar-refractivity contribution in [2.45, 2.75) is 32.0 Å². The summed E-state index contributed by atoms with van der Waals surface area (Å²) in [6, 6.07) is 0. The molecule has 70 valence electrons. The van der Waals surface area contributed by atoms with E-state index in [-0.39, 0.29) is 12.2 Å². The van der Waals surface area contributed by atoms with Crippen molar-refractivity contribution < 1.29 is 19.0 Å². The maximum atomic E-state index is 10.6. The number of rotatable bonds is 2. The van der Waals surface area contributed by atoms with E-state index in [0.717, 1.165) is 12.8 Å². The molecule has 1 saturated heterocycles. The average molecular weight is 174 g/mol. The molecule has 0 bridgehead atoms. The van der Waals surface area contributed by atoms with Gasteiger partial charge in [0, 0.05) is 0 Å². The first-order valence-electron chi connectivity index (χ1n) is 4.08. The smallest absolute Gasteiger partial charge is 0.438 e. The van der Waals surface area contributed by atoms with Crippen molar-refractivity contribution in [2.75, 3.05) is 13.7 Å². The summed E-state index contributed by atoms with van der Waals surface area (Å²) in [4.78, 5) is 10.6. The summed E-state index contributed by atoms with van der Waals surface area (Å²) in [6.45, 7) is 2.31. The Labute approximate surface area is 71.8 Å². The Morgan fingerprint density at radius 3 is 2.83 bits per heavy atom. The molecule has 1 heterocycles. The number of hydrogen-bond donors (Lipinski definition) is 0. The second-order valence-electron chi connectivity index (χ2n) is 2.91. The van der Waals surface area contributed by atoms with Gasteiger partial charge in [-0.15, -0.1) is 0 Å². The van der Waals surface area contributed by atoms with Crippen LogP contribution in [0.5, 0.6) is 0 Å². The summed E-state index contributed by atoms with van der Waals surface area (Å²) in [5.41, 5.74) is 0. The highest BCUT2D eigenvalue weighted by Gasteiger charge is 2.22. The molecule has 4 nitrogen and oxygen atoms in total. The van der Waals surface area contributed by atoms with Crippen LogP contribution < -0.4 is 0 Å². The minimum Gasteiger partial charge on any atom is -0.438 e. The summed E-state index contributed by atoms with van der Waals surface area (Å²) in [6.07, 6.45) is 1.70. The van der Waals surface area contributed by atoms with Crippen LogP contribution in [0.2, 0.25) is 0 Å². The lowest BCUT2D eigenvalue weighted by Gasteiger charge is -2.10. The lowest BCUT2D eigenvalue weighted by atomic mass is 10.2. The molecule has 0 saturated carbocycles. The van der Waals surface area contributed by atoms with E-state index >= 15 is 0 Å². The van der Waals surface area contributed by atoms with Crippen LogP contribution in [0.1, 0.15) is 19.8 Å². The monoisotopic (exact) mass is 174 g/mol. The first kappa shape index (κ1) is 9.32. The maximum absolute atomic E-state index is 10.6. The molecule has 0 radical (unpaired) electrons. The molecular weight excluding hydrogens is 160 g/mol. The van der Waals surface area contributed by atoms with Gasteiger partial charge < -0.3 is 14.2 Å². The second-order valence-corrected chi connectivity index (χ2v) is 2.91. The Balaban J connectivity index is 2.11. The van der Waals surface area contributed by atoms with Crippen LogP contribution in [-0.4, -0.2) is 32.1 Å². The molecule has 2 unspecified atom stereocenters. The predicted molar refractivity (Wildman–Crippen MR) is 41.9 cm³/mol. The zero-order valence-corrected chi connectivity index (χ0v) is 7.41. The topological polar surface area (TPSA) is 44.8 Å². The molecule has 1 rings (SSSR count). The summed E-state index contributed by atoms with van der Waals surface area (Å²) >= 11 is 0. The summed E-state index contributed by atoms with van der Waals surface area (Å²) < 4.78 is 14.5. The Morgan fingerprint density at radius 2 is 2.33 bits per heavy atom. The lowest BCUT2D eigenvalue weighted by Crippen LogP contribution is -2.18. The fourth-order valence-corrected chi connectivity index (χ4v) is 1.23. The van der Waals surface area contributed by atoms with Gasteiger partial charge in [-0.25, -0.2) is 4.79 Å². The first-order chi connectivity index (χ1) is 5.72. The third kappa shape index (κ3) is 2.70. The highest BCUT2D eigenvalue weighted by molar-refractivity contribution is 5.59. The van der Waals surface area contributed by atoms with Crippen molar-refractivity contribution in [3.05, 3.63) is 0 Å². The largest absolute Gasteiger partial charge is 0.508 e. The summed E-state index contributed by atoms with van der Waals surface area (Å²) in [5, 5.41) is 0. The van der Waals surface area contributed by atoms with Crippen LogP contribution in [0, 0.1) is 0 Å². The Morgan fingerprint density at radius 1 is 1.58 bits per heavy atom. The third-order valence-electron chi connectivity index (χ3n) is 1.87. The number of hydrogen-bond acceptors (Lipinski definition) is 4. The van der Waals surface area contributed by atoms with Gasteiger partial charge in [0.2, 0.25) is 0 Å². The maximum Gasteiger partial charge on any atom is 0.508 e. The quantitative estimate of drug-likeness (QED) is 0.592. The van der Waals surface area contributed by atoms with Crippen molar-refractivity contribution in [1.82, 2.24) is 0 Å². The van der Waals surface area contributed by atoms with E-state index in [2.05, 4.69) is 4.74 Å². The molecule has 0 amide bonds. The highest BCUT2D eigenvalue weighted by Crippen LogP contribution is 2.18. The molecule has 0 N–H and O–H groups in total. The summed E-state index contributed by atoms with van der Waals surface area (Å²) in [5.74, 6) is 0. The Hall–Kier alpha value is -0.770. The number of carbonyl (C=O) groups excluding carboxylic acids is 1. The van der Waals surface area contributed by atoms with Crippen molar-refractivity contribution in [3.8, 4) is 0 Å². The van der Waals surface area contributed by atoms with Crippen LogP contribution >= 0.6 is 0 Å². The van der Waals surface area contributed by atoms with Crippen LogP contribution in [0.4, 0.5) is 4.79 Å². The van der Waals surface area contributed by atoms with Gasteiger partial charge in [0.15, 0.2) is 0 Å². The highest BCUT2D eigenvalue weighted by atomic mass is 16.7. The molecule has 0 aromatic heterocycles. The second kappa shape index (κ2) is 4.30. The van der Waals surface area contributed by atoms with E-state index in [4.69, 9.17) is 9.47 Å².